The Morgan fingerprint density at radius 2 is 1.84 bits per heavy atom. The molecule has 0 bridgehead atoms. The molecule has 1 aromatic heterocycles. The lowest BCUT2D eigenvalue weighted by Gasteiger charge is -2.15. The number of benzene rings is 1. The maximum absolute atomic E-state index is 12.1. The van der Waals surface area contributed by atoms with Gasteiger partial charge < -0.3 is 24.7 Å². The number of aliphatic imine (C=N–C) groups is 1. The molecule has 0 spiro atoms. The van der Waals surface area contributed by atoms with E-state index in [2.05, 4.69) is 20.4 Å². The minimum atomic E-state index is -4.34. The molecule has 10 heteroatoms. The Labute approximate surface area is 179 Å². The molecule has 0 radical (unpaired) electrons. The summed E-state index contributed by atoms with van der Waals surface area (Å²) in [5.74, 6) is 1.21. The third-order valence-electron chi connectivity index (χ3n) is 4.13. The van der Waals surface area contributed by atoms with E-state index in [4.69, 9.17) is 4.42 Å². The zero-order chi connectivity index (χ0) is 22.7. The highest BCUT2D eigenvalue weighted by Crippen LogP contribution is 2.16. The molecule has 1 heterocycles. The number of hydrogen-bond acceptors (Lipinski definition) is 4. The van der Waals surface area contributed by atoms with Crippen molar-refractivity contribution in [2.24, 2.45) is 4.99 Å². The number of rotatable bonds is 10. The van der Waals surface area contributed by atoms with Gasteiger partial charge in [0, 0.05) is 27.1 Å². The van der Waals surface area contributed by atoms with Gasteiger partial charge in [-0.1, -0.05) is 24.3 Å². The summed E-state index contributed by atoms with van der Waals surface area (Å²) in [5, 5.41) is 6.15. The van der Waals surface area contributed by atoms with Gasteiger partial charge in [0.1, 0.15) is 12.4 Å². The first-order valence-electron chi connectivity index (χ1n) is 9.70. The number of ether oxygens (including phenoxy) is 1. The molecular formula is C21H27F3N4O3. The Kier molecular flexibility index (Phi) is 9.39. The molecule has 2 aromatic rings. The number of nitrogens with zero attached hydrogens (tertiary/aromatic N) is 2. The van der Waals surface area contributed by atoms with Crippen LogP contribution in [0.5, 0.6) is 0 Å². The highest BCUT2D eigenvalue weighted by atomic mass is 19.4. The highest BCUT2D eigenvalue weighted by Gasteiger charge is 2.27. The smallest absolute Gasteiger partial charge is 0.411 e. The fraction of sp³-hybridized carbons (Fsp3) is 0.429. The number of nitrogens with one attached hydrogen (secondary N) is 2. The van der Waals surface area contributed by atoms with Crippen molar-refractivity contribution < 1.29 is 27.1 Å². The summed E-state index contributed by atoms with van der Waals surface area (Å²) in [5.41, 5.74) is 1.51. The Morgan fingerprint density at radius 3 is 2.45 bits per heavy atom. The summed E-state index contributed by atoms with van der Waals surface area (Å²) in [6.45, 7) is -0.407. The lowest BCUT2D eigenvalue weighted by atomic mass is 10.1. The van der Waals surface area contributed by atoms with E-state index in [1.165, 1.54) is 4.90 Å². The van der Waals surface area contributed by atoms with Crippen molar-refractivity contribution in [2.75, 3.05) is 33.8 Å². The topological polar surface area (TPSA) is 79.1 Å². The van der Waals surface area contributed by atoms with E-state index in [-0.39, 0.29) is 19.1 Å². The van der Waals surface area contributed by atoms with Crippen LogP contribution in [0, 0.1) is 0 Å². The molecule has 170 valence electrons. The van der Waals surface area contributed by atoms with Gasteiger partial charge in [0.05, 0.1) is 26.0 Å². The van der Waals surface area contributed by atoms with Crippen LogP contribution >= 0.6 is 0 Å². The van der Waals surface area contributed by atoms with E-state index in [9.17, 15) is 18.0 Å². The number of amides is 1. The number of carbonyl (C=O) groups is 1. The Balaban J connectivity index is 1.90. The van der Waals surface area contributed by atoms with Gasteiger partial charge in [-0.3, -0.25) is 4.79 Å². The van der Waals surface area contributed by atoms with E-state index in [0.717, 1.165) is 11.3 Å². The van der Waals surface area contributed by atoms with Crippen LogP contribution in [-0.2, 0) is 29.1 Å². The number of alkyl halides is 3. The quantitative estimate of drug-likeness (QED) is 0.439. The van der Waals surface area contributed by atoms with Crippen molar-refractivity contribution >= 4 is 11.9 Å². The van der Waals surface area contributed by atoms with Gasteiger partial charge >= 0.3 is 6.18 Å². The third kappa shape index (κ3) is 10.0. The van der Waals surface area contributed by atoms with Crippen LogP contribution in [0.2, 0.25) is 0 Å². The summed E-state index contributed by atoms with van der Waals surface area (Å²) in [4.78, 5) is 17.8. The Morgan fingerprint density at radius 1 is 1.13 bits per heavy atom. The zero-order valence-corrected chi connectivity index (χ0v) is 17.5. The van der Waals surface area contributed by atoms with Gasteiger partial charge in [-0.2, -0.15) is 13.2 Å². The summed E-state index contributed by atoms with van der Waals surface area (Å²) >= 11 is 0. The van der Waals surface area contributed by atoms with Gasteiger partial charge in [0.25, 0.3) is 0 Å². The number of furan rings is 1. The average molecular weight is 440 g/mol. The van der Waals surface area contributed by atoms with Crippen LogP contribution in [0.3, 0.4) is 0 Å². The van der Waals surface area contributed by atoms with Crippen LogP contribution in [-0.4, -0.2) is 56.7 Å². The monoisotopic (exact) mass is 440 g/mol. The summed E-state index contributed by atoms with van der Waals surface area (Å²) < 4.78 is 46.4. The first-order chi connectivity index (χ1) is 14.7. The fourth-order valence-corrected chi connectivity index (χ4v) is 2.45. The molecule has 0 aliphatic heterocycles. The molecule has 1 amide bonds. The second kappa shape index (κ2) is 12.0. The van der Waals surface area contributed by atoms with Crippen LogP contribution < -0.4 is 10.6 Å². The minimum absolute atomic E-state index is 0.0923. The van der Waals surface area contributed by atoms with Crippen LogP contribution in [0.15, 0.2) is 52.1 Å². The van der Waals surface area contributed by atoms with Gasteiger partial charge in [0.15, 0.2) is 5.96 Å². The zero-order valence-electron chi connectivity index (χ0n) is 17.5. The molecule has 2 rings (SSSR count). The largest absolute Gasteiger partial charge is 0.469 e. The van der Waals surface area contributed by atoms with Crippen LogP contribution in [0.1, 0.15) is 16.9 Å². The van der Waals surface area contributed by atoms with Crippen LogP contribution in [0.4, 0.5) is 13.2 Å². The van der Waals surface area contributed by atoms with Crippen molar-refractivity contribution in [1.29, 1.82) is 0 Å². The first-order valence-corrected chi connectivity index (χ1v) is 9.70. The number of hydrogen-bond donors (Lipinski definition) is 2. The molecule has 7 nitrogen and oxygen atoms in total. The van der Waals surface area contributed by atoms with E-state index in [0.29, 0.717) is 31.0 Å². The minimum Gasteiger partial charge on any atom is -0.469 e. The standard InChI is InChI=1S/C21H27F3N4O3/c1-28(2)19(29)13-27-20(25-10-9-18-4-3-11-31-18)26-12-16-5-7-17(8-6-16)14-30-15-21(22,23)24/h3-8,11H,9-10,12-15H2,1-2H3,(H2,25,26,27). The molecule has 0 aliphatic carbocycles. The summed E-state index contributed by atoms with van der Waals surface area (Å²) in [6, 6.07) is 10.7. The molecule has 0 saturated carbocycles. The van der Waals surface area contributed by atoms with E-state index >= 15 is 0 Å². The van der Waals surface area contributed by atoms with E-state index in [1.54, 1.807) is 44.6 Å². The van der Waals surface area contributed by atoms with Gasteiger partial charge in [-0.25, -0.2) is 4.99 Å². The second-order valence-electron chi connectivity index (χ2n) is 6.99. The predicted octanol–water partition coefficient (Wildman–Crippen LogP) is 2.72. The maximum atomic E-state index is 12.1. The molecule has 0 atom stereocenters. The molecule has 31 heavy (non-hydrogen) atoms. The normalized spacial score (nSPS) is 12.0. The Bertz CT molecular complexity index is 819. The van der Waals surface area contributed by atoms with Gasteiger partial charge in [-0.05, 0) is 23.3 Å². The lowest BCUT2D eigenvalue weighted by molar-refractivity contribution is -0.176. The molecule has 0 aliphatic rings. The highest BCUT2D eigenvalue weighted by molar-refractivity contribution is 5.86. The van der Waals surface area contributed by atoms with Crippen molar-refractivity contribution in [3.8, 4) is 0 Å². The number of halogens is 3. The van der Waals surface area contributed by atoms with E-state index < -0.39 is 12.8 Å². The van der Waals surface area contributed by atoms with Crippen molar-refractivity contribution in [1.82, 2.24) is 15.5 Å². The van der Waals surface area contributed by atoms with Gasteiger partial charge in [-0.15, -0.1) is 0 Å². The van der Waals surface area contributed by atoms with E-state index in [1.807, 2.05) is 12.1 Å². The van der Waals surface area contributed by atoms with Crippen molar-refractivity contribution in [3.63, 3.8) is 0 Å². The number of likely N-dealkylation sites (N-methyl/N-ethyl adjacent to an activating group) is 1. The molecule has 0 saturated heterocycles. The second-order valence-corrected chi connectivity index (χ2v) is 6.99. The molecule has 0 unspecified atom stereocenters. The molecular weight excluding hydrogens is 413 g/mol. The number of carbonyl (C=O) groups excluding carboxylic acids is 1. The molecule has 1 aromatic carbocycles. The molecule has 2 N–H and O–H groups in total. The molecule has 0 fully saturated rings. The van der Waals surface area contributed by atoms with Crippen molar-refractivity contribution in [3.05, 3.63) is 59.5 Å². The lowest BCUT2D eigenvalue weighted by Crippen LogP contribution is -2.43. The van der Waals surface area contributed by atoms with Crippen LogP contribution in [0.25, 0.3) is 0 Å². The third-order valence-corrected chi connectivity index (χ3v) is 4.13. The summed E-state index contributed by atoms with van der Waals surface area (Å²) in [7, 11) is 3.34. The first kappa shape index (κ1) is 24.3. The average Bonchev–Trinajstić information content (AvgIpc) is 3.22. The maximum Gasteiger partial charge on any atom is 0.411 e. The fourth-order valence-electron chi connectivity index (χ4n) is 2.45. The predicted molar refractivity (Wildman–Crippen MR) is 110 cm³/mol. The summed E-state index contributed by atoms with van der Waals surface area (Å²) in [6.07, 6.45) is -2.08. The van der Waals surface area contributed by atoms with Gasteiger partial charge in [0.2, 0.25) is 5.91 Å². The van der Waals surface area contributed by atoms with Crippen molar-refractivity contribution in [2.45, 2.75) is 25.7 Å². The number of guanidine groups is 1. The SMILES string of the molecule is CN(C)C(=O)CNC(=NCc1ccc(COCC(F)(F)F)cc1)NCCc1ccco1. The Hall–Kier alpha value is -3.01.